The van der Waals surface area contributed by atoms with Crippen molar-refractivity contribution in [2.24, 2.45) is 0 Å². The molecule has 90 valence electrons. The predicted molar refractivity (Wildman–Crippen MR) is 72.7 cm³/mol. The summed E-state index contributed by atoms with van der Waals surface area (Å²) in [5, 5.41) is 9.47. The maximum Gasteiger partial charge on any atom is 0.0994 e. The van der Waals surface area contributed by atoms with Gasteiger partial charge in [-0.15, -0.1) is 0 Å². The molecule has 0 N–H and O–H groups in total. The number of nitrogens with zero attached hydrogens (tertiary/aromatic N) is 1. The Hall–Kier alpha value is -1.63. The van der Waals surface area contributed by atoms with E-state index in [2.05, 4.69) is 6.07 Å². The highest BCUT2D eigenvalue weighted by atomic mass is 35.5. The lowest BCUT2D eigenvalue weighted by Crippen LogP contribution is -1.99. The molecule has 0 saturated heterocycles. The number of nitriles is 1. The number of halogens is 1. The lowest BCUT2D eigenvalue weighted by atomic mass is 10.1. The summed E-state index contributed by atoms with van der Waals surface area (Å²) in [5.41, 5.74) is 1.33. The van der Waals surface area contributed by atoms with E-state index in [0.717, 1.165) is 5.56 Å². The first-order chi connectivity index (χ1) is 8.72. The van der Waals surface area contributed by atoms with Gasteiger partial charge < -0.3 is 0 Å². The van der Waals surface area contributed by atoms with Crippen LogP contribution in [0.15, 0.2) is 53.4 Å². The molecule has 0 heterocycles. The molecular formula is C14H10ClNOS. The number of benzene rings is 2. The van der Waals surface area contributed by atoms with Crippen LogP contribution in [0.5, 0.6) is 0 Å². The normalized spacial score (nSPS) is 11.8. The Morgan fingerprint density at radius 3 is 2.50 bits per heavy atom. The number of hydrogen-bond acceptors (Lipinski definition) is 2. The summed E-state index contributed by atoms with van der Waals surface area (Å²) >= 11 is 6.00. The summed E-state index contributed by atoms with van der Waals surface area (Å²) in [6.07, 6.45) is 0. The molecule has 0 aromatic heterocycles. The fourth-order valence-corrected chi connectivity index (χ4v) is 3.20. The Morgan fingerprint density at radius 2 is 1.78 bits per heavy atom. The van der Waals surface area contributed by atoms with E-state index in [4.69, 9.17) is 16.9 Å². The van der Waals surface area contributed by atoms with Crippen molar-refractivity contribution in [3.05, 3.63) is 64.7 Å². The van der Waals surface area contributed by atoms with Gasteiger partial charge in [0.15, 0.2) is 0 Å². The molecule has 4 heteroatoms. The van der Waals surface area contributed by atoms with Gasteiger partial charge in [0.25, 0.3) is 0 Å². The zero-order valence-corrected chi connectivity index (χ0v) is 11.0. The topological polar surface area (TPSA) is 40.9 Å². The number of hydrogen-bond donors (Lipinski definition) is 0. The van der Waals surface area contributed by atoms with Gasteiger partial charge in [0, 0.05) is 0 Å². The molecule has 0 spiro atoms. The SMILES string of the molecule is N#Cc1ccccc1CS(=O)c1ccccc1Cl. The summed E-state index contributed by atoms with van der Waals surface area (Å²) in [6, 6.07) is 16.3. The summed E-state index contributed by atoms with van der Waals surface area (Å²) in [7, 11) is -1.24. The maximum atomic E-state index is 12.2. The van der Waals surface area contributed by atoms with E-state index in [1.807, 2.05) is 12.1 Å². The minimum atomic E-state index is -1.24. The second-order valence-electron chi connectivity index (χ2n) is 3.69. The maximum absolute atomic E-state index is 12.2. The van der Waals surface area contributed by atoms with E-state index in [0.29, 0.717) is 21.2 Å². The average molecular weight is 276 g/mol. The van der Waals surface area contributed by atoms with Crippen LogP contribution in [0.2, 0.25) is 5.02 Å². The van der Waals surface area contributed by atoms with Crippen LogP contribution in [0.25, 0.3) is 0 Å². The van der Waals surface area contributed by atoms with Crippen LogP contribution in [0, 0.1) is 11.3 Å². The molecule has 0 fully saturated rings. The molecule has 0 amide bonds. The first-order valence-corrected chi connectivity index (χ1v) is 7.03. The molecule has 2 aromatic carbocycles. The van der Waals surface area contributed by atoms with Gasteiger partial charge >= 0.3 is 0 Å². The van der Waals surface area contributed by atoms with Gasteiger partial charge in [0.1, 0.15) is 0 Å². The Morgan fingerprint density at radius 1 is 1.11 bits per heavy atom. The molecule has 0 bridgehead atoms. The zero-order chi connectivity index (χ0) is 13.0. The van der Waals surface area contributed by atoms with Crippen LogP contribution in [0.1, 0.15) is 11.1 Å². The molecule has 2 rings (SSSR count). The van der Waals surface area contributed by atoms with Crippen molar-refractivity contribution in [1.29, 1.82) is 5.26 Å². The zero-order valence-electron chi connectivity index (χ0n) is 9.47. The third kappa shape index (κ3) is 2.79. The summed E-state index contributed by atoms with van der Waals surface area (Å²) in [4.78, 5) is 0.604. The summed E-state index contributed by atoms with van der Waals surface area (Å²) in [5.74, 6) is 0.299. The van der Waals surface area contributed by atoms with Crippen LogP contribution in [0.4, 0.5) is 0 Å². The second kappa shape index (κ2) is 5.81. The van der Waals surface area contributed by atoms with E-state index >= 15 is 0 Å². The smallest absolute Gasteiger partial charge is 0.0994 e. The van der Waals surface area contributed by atoms with Gasteiger partial charge in [-0.2, -0.15) is 5.26 Å². The lowest BCUT2D eigenvalue weighted by molar-refractivity contribution is 0.682. The summed E-state index contributed by atoms with van der Waals surface area (Å²) in [6.45, 7) is 0. The van der Waals surface area contributed by atoms with Gasteiger partial charge in [0.05, 0.1) is 38.1 Å². The van der Waals surface area contributed by atoms with E-state index in [1.54, 1.807) is 36.4 Å². The van der Waals surface area contributed by atoms with E-state index in [9.17, 15) is 4.21 Å². The molecule has 1 unspecified atom stereocenters. The largest absolute Gasteiger partial charge is 0.254 e. The predicted octanol–water partition coefficient (Wildman–Crippen LogP) is 3.52. The van der Waals surface area contributed by atoms with Crippen molar-refractivity contribution in [1.82, 2.24) is 0 Å². The molecule has 2 nitrogen and oxygen atoms in total. The third-order valence-corrected chi connectivity index (χ3v) is 4.37. The minimum Gasteiger partial charge on any atom is -0.254 e. The third-order valence-electron chi connectivity index (χ3n) is 2.51. The molecular weight excluding hydrogens is 266 g/mol. The highest BCUT2D eigenvalue weighted by Gasteiger charge is 2.10. The summed E-state index contributed by atoms with van der Waals surface area (Å²) < 4.78 is 12.2. The van der Waals surface area contributed by atoms with Crippen molar-refractivity contribution in [3.8, 4) is 6.07 Å². The molecule has 0 radical (unpaired) electrons. The van der Waals surface area contributed by atoms with Gasteiger partial charge in [-0.1, -0.05) is 41.9 Å². The van der Waals surface area contributed by atoms with Crippen LogP contribution in [-0.2, 0) is 16.6 Å². The Balaban J connectivity index is 2.28. The van der Waals surface area contributed by atoms with Crippen LogP contribution < -0.4 is 0 Å². The van der Waals surface area contributed by atoms with Crippen molar-refractivity contribution >= 4 is 22.4 Å². The van der Waals surface area contributed by atoms with Crippen LogP contribution in [0.3, 0.4) is 0 Å². The molecule has 0 saturated carbocycles. The van der Waals surface area contributed by atoms with E-state index in [1.165, 1.54) is 0 Å². The van der Waals surface area contributed by atoms with Crippen molar-refractivity contribution in [2.75, 3.05) is 0 Å². The van der Waals surface area contributed by atoms with E-state index in [-0.39, 0.29) is 0 Å². The fourth-order valence-electron chi connectivity index (χ4n) is 1.60. The minimum absolute atomic E-state index is 0.299. The van der Waals surface area contributed by atoms with Crippen molar-refractivity contribution in [3.63, 3.8) is 0 Å². The first kappa shape index (κ1) is 12.8. The van der Waals surface area contributed by atoms with Gasteiger partial charge in [-0.05, 0) is 23.8 Å². The fraction of sp³-hybridized carbons (Fsp3) is 0.0714. The van der Waals surface area contributed by atoms with Crippen molar-refractivity contribution < 1.29 is 4.21 Å². The molecule has 2 aromatic rings. The highest BCUT2D eigenvalue weighted by Crippen LogP contribution is 2.22. The van der Waals surface area contributed by atoms with Crippen molar-refractivity contribution in [2.45, 2.75) is 10.6 Å². The monoisotopic (exact) mass is 275 g/mol. The van der Waals surface area contributed by atoms with Crippen LogP contribution >= 0.6 is 11.6 Å². The van der Waals surface area contributed by atoms with Crippen LogP contribution in [-0.4, -0.2) is 4.21 Å². The molecule has 18 heavy (non-hydrogen) atoms. The second-order valence-corrected chi connectivity index (χ2v) is 5.52. The molecule has 0 aliphatic rings. The lowest BCUT2D eigenvalue weighted by Gasteiger charge is -2.05. The Labute approximate surface area is 113 Å². The molecule has 0 aliphatic carbocycles. The Bertz CT molecular complexity index is 634. The first-order valence-electron chi connectivity index (χ1n) is 5.33. The standard InChI is InChI=1S/C14H10ClNOS/c15-13-7-3-4-8-14(13)18(17)10-12-6-2-1-5-11(12)9-16/h1-8H,10H2. The van der Waals surface area contributed by atoms with E-state index < -0.39 is 10.8 Å². The molecule has 0 aliphatic heterocycles. The van der Waals surface area contributed by atoms with Gasteiger partial charge in [-0.3, -0.25) is 4.21 Å². The average Bonchev–Trinajstić information content (AvgIpc) is 2.39. The highest BCUT2D eigenvalue weighted by molar-refractivity contribution is 7.84. The van der Waals surface area contributed by atoms with Gasteiger partial charge in [0.2, 0.25) is 0 Å². The number of rotatable bonds is 3. The molecule has 1 atom stereocenters. The Kier molecular flexibility index (Phi) is 4.14. The quantitative estimate of drug-likeness (QED) is 0.860. The van der Waals surface area contributed by atoms with Gasteiger partial charge in [-0.25, -0.2) is 0 Å².